The Morgan fingerprint density at radius 2 is 2.00 bits per heavy atom. The molecule has 1 aromatic carbocycles. The highest BCUT2D eigenvalue weighted by atomic mass is 16.5. The topological polar surface area (TPSA) is 65.6 Å². The minimum Gasteiger partial charge on any atom is -0.383 e. The number of anilines is 2. The van der Waals surface area contributed by atoms with Crippen molar-refractivity contribution in [2.45, 2.75) is 6.04 Å². The first-order chi connectivity index (χ1) is 10.2. The van der Waals surface area contributed by atoms with Gasteiger partial charge < -0.3 is 25.6 Å². The molecule has 1 fully saturated rings. The monoisotopic (exact) mass is 292 g/mol. The molecule has 21 heavy (non-hydrogen) atoms. The average molecular weight is 292 g/mol. The van der Waals surface area contributed by atoms with Crippen molar-refractivity contribution in [1.82, 2.24) is 10.6 Å². The average Bonchev–Trinajstić information content (AvgIpc) is 2.52. The molecule has 0 spiro atoms. The third-order valence-electron chi connectivity index (χ3n) is 3.58. The summed E-state index contributed by atoms with van der Waals surface area (Å²) in [7, 11) is 3.90. The standard InChI is InChI=1S/C15H24N4O2/c1-16-9-13(17-2)10-18-12-3-5-14(6-4-12)19-7-8-21-11-15(19)20/h3-6,13,16-18H,7-11H2,1-2H3/t13-/m0/s1. The van der Waals surface area contributed by atoms with Gasteiger partial charge >= 0.3 is 0 Å². The molecule has 2 rings (SSSR count). The van der Waals surface area contributed by atoms with Gasteiger partial charge in [-0.2, -0.15) is 0 Å². The summed E-state index contributed by atoms with van der Waals surface area (Å²) in [4.78, 5) is 13.5. The second kappa shape index (κ2) is 7.97. The number of nitrogens with one attached hydrogen (secondary N) is 3. The summed E-state index contributed by atoms with van der Waals surface area (Å²) in [5.74, 6) is 0.0197. The van der Waals surface area contributed by atoms with Crippen LogP contribution >= 0.6 is 0 Å². The third-order valence-corrected chi connectivity index (χ3v) is 3.58. The highest BCUT2D eigenvalue weighted by Crippen LogP contribution is 2.19. The van der Waals surface area contributed by atoms with Crippen molar-refractivity contribution in [3.8, 4) is 0 Å². The van der Waals surface area contributed by atoms with Gasteiger partial charge in [-0.1, -0.05) is 0 Å². The number of hydrogen-bond acceptors (Lipinski definition) is 5. The Hall–Kier alpha value is -1.63. The quantitative estimate of drug-likeness (QED) is 0.673. The zero-order valence-electron chi connectivity index (χ0n) is 12.7. The molecule has 0 bridgehead atoms. The van der Waals surface area contributed by atoms with Crippen LogP contribution in [0.25, 0.3) is 0 Å². The first kappa shape index (κ1) is 15.8. The van der Waals surface area contributed by atoms with E-state index < -0.39 is 0 Å². The van der Waals surface area contributed by atoms with E-state index in [1.165, 1.54) is 0 Å². The van der Waals surface area contributed by atoms with E-state index in [-0.39, 0.29) is 12.5 Å². The molecule has 6 nitrogen and oxygen atoms in total. The smallest absolute Gasteiger partial charge is 0.253 e. The minimum absolute atomic E-state index is 0.0197. The maximum Gasteiger partial charge on any atom is 0.253 e. The highest BCUT2D eigenvalue weighted by Gasteiger charge is 2.19. The van der Waals surface area contributed by atoms with E-state index >= 15 is 0 Å². The van der Waals surface area contributed by atoms with Gasteiger partial charge in [-0.05, 0) is 38.4 Å². The van der Waals surface area contributed by atoms with Gasteiger partial charge in [0, 0.05) is 37.1 Å². The first-order valence-electron chi connectivity index (χ1n) is 7.28. The molecule has 0 aliphatic carbocycles. The van der Waals surface area contributed by atoms with Gasteiger partial charge in [-0.25, -0.2) is 0 Å². The Balaban J connectivity index is 1.91. The Bertz CT molecular complexity index is 449. The number of carbonyl (C=O) groups is 1. The second-order valence-corrected chi connectivity index (χ2v) is 5.07. The van der Waals surface area contributed by atoms with Crippen LogP contribution in [0.1, 0.15) is 0 Å². The van der Waals surface area contributed by atoms with Gasteiger partial charge in [0.1, 0.15) is 6.61 Å². The maximum atomic E-state index is 11.8. The predicted octanol–water partition coefficient (Wildman–Crippen LogP) is 0.269. The molecule has 0 unspecified atom stereocenters. The first-order valence-corrected chi connectivity index (χ1v) is 7.28. The van der Waals surface area contributed by atoms with E-state index in [9.17, 15) is 4.79 Å². The van der Waals surface area contributed by atoms with E-state index in [0.29, 0.717) is 19.2 Å². The summed E-state index contributed by atoms with van der Waals surface area (Å²) in [6, 6.07) is 8.32. The number of benzene rings is 1. The zero-order chi connectivity index (χ0) is 15.1. The molecule has 0 aromatic heterocycles. The summed E-state index contributed by atoms with van der Waals surface area (Å²) >= 11 is 0. The Morgan fingerprint density at radius 1 is 1.24 bits per heavy atom. The van der Waals surface area contributed by atoms with Crippen molar-refractivity contribution in [2.24, 2.45) is 0 Å². The van der Waals surface area contributed by atoms with E-state index in [4.69, 9.17) is 4.74 Å². The van der Waals surface area contributed by atoms with Crippen molar-refractivity contribution in [1.29, 1.82) is 0 Å². The van der Waals surface area contributed by atoms with Crippen molar-refractivity contribution in [2.75, 3.05) is 57.2 Å². The number of morpholine rings is 1. The summed E-state index contributed by atoms with van der Waals surface area (Å²) < 4.78 is 5.14. The van der Waals surface area contributed by atoms with Gasteiger partial charge in [0.25, 0.3) is 5.91 Å². The minimum atomic E-state index is 0.0197. The fraction of sp³-hybridized carbons (Fsp3) is 0.533. The normalized spacial score (nSPS) is 16.9. The summed E-state index contributed by atoms with van der Waals surface area (Å²) in [5.41, 5.74) is 1.98. The van der Waals surface area contributed by atoms with Crippen molar-refractivity contribution >= 4 is 17.3 Å². The number of nitrogens with zero attached hydrogens (tertiary/aromatic N) is 1. The summed E-state index contributed by atoms with van der Waals surface area (Å²) in [6.07, 6.45) is 0. The number of carbonyl (C=O) groups excluding carboxylic acids is 1. The van der Waals surface area contributed by atoms with Crippen LogP contribution in [0.4, 0.5) is 11.4 Å². The van der Waals surface area contributed by atoms with Gasteiger partial charge in [0.2, 0.25) is 0 Å². The van der Waals surface area contributed by atoms with Crippen LogP contribution in [0, 0.1) is 0 Å². The van der Waals surface area contributed by atoms with Crippen molar-refractivity contribution in [3.05, 3.63) is 24.3 Å². The van der Waals surface area contributed by atoms with Crippen LogP contribution in [0.5, 0.6) is 0 Å². The molecule has 1 amide bonds. The summed E-state index contributed by atoms with van der Waals surface area (Å²) in [6.45, 7) is 3.14. The maximum absolute atomic E-state index is 11.8. The largest absolute Gasteiger partial charge is 0.383 e. The van der Waals surface area contributed by atoms with Gasteiger partial charge in [0.15, 0.2) is 0 Å². The lowest BCUT2D eigenvalue weighted by molar-refractivity contribution is -0.125. The van der Waals surface area contributed by atoms with Gasteiger partial charge in [-0.15, -0.1) is 0 Å². The molecule has 1 heterocycles. The van der Waals surface area contributed by atoms with Gasteiger partial charge in [-0.3, -0.25) is 4.79 Å². The van der Waals surface area contributed by atoms with E-state index in [1.54, 1.807) is 4.90 Å². The van der Waals surface area contributed by atoms with Crippen molar-refractivity contribution in [3.63, 3.8) is 0 Å². The molecule has 1 aromatic rings. The lowest BCUT2D eigenvalue weighted by Crippen LogP contribution is -2.41. The van der Waals surface area contributed by atoms with Crippen LogP contribution in [0.15, 0.2) is 24.3 Å². The molecule has 3 N–H and O–H groups in total. The molecule has 1 aliphatic rings. The van der Waals surface area contributed by atoms with Crippen LogP contribution in [-0.2, 0) is 9.53 Å². The number of amides is 1. The van der Waals surface area contributed by atoms with Gasteiger partial charge in [0.05, 0.1) is 6.61 Å². The van der Waals surface area contributed by atoms with E-state index in [0.717, 1.165) is 24.5 Å². The molecule has 0 radical (unpaired) electrons. The molecule has 116 valence electrons. The number of ether oxygens (including phenoxy) is 1. The second-order valence-electron chi connectivity index (χ2n) is 5.07. The Morgan fingerprint density at radius 3 is 2.62 bits per heavy atom. The predicted molar refractivity (Wildman–Crippen MR) is 84.9 cm³/mol. The number of rotatable bonds is 7. The zero-order valence-corrected chi connectivity index (χ0v) is 12.7. The molecular formula is C15H24N4O2. The third kappa shape index (κ3) is 4.42. The van der Waals surface area contributed by atoms with Crippen molar-refractivity contribution < 1.29 is 9.53 Å². The fourth-order valence-electron chi connectivity index (χ4n) is 2.31. The lowest BCUT2D eigenvalue weighted by atomic mass is 10.2. The number of likely N-dealkylation sites (N-methyl/N-ethyl adjacent to an activating group) is 2. The van der Waals surface area contributed by atoms with Crippen LogP contribution in [0.3, 0.4) is 0 Å². The highest BCUT2D eigenvalue weighted by molar-refractivity contribution is 5.94. The van der Waals surface area contributed by atoms with E-state index in [1.807, 2.05) is 38.4 Å². The Labute approximate surface area is 125 Å². The number of hydrogen-bond donors (Lipinski definition) is 3. The molecule has 1 saturated heterocycles. The van der Waals surface area contributed by atoms with Crippen LogP contribution < -0.4 is 20.9 Å². The summed E-state index contributed by atoms with van der Waals surface area (Å²) in [5, 5.41) is 9.79. The molecule has 1 aliphatic heterocycles. The molecule has 0 saturated carbocycles. The Kier molecular flexibility index (Phi) is 5.98. The molecular weight excluding hydrogens is 268 g/mol. The van der Waals surface area contributed by atoms with Crippen LogP contribution in [-0.4, -0.2) is 58.9 Å². The molecule has 1 atom stereocenters. The van der Waals surface area contributed by atoms with E-state index in [2.05, 4.69) is 16.0 Å². The molecule has 6 heteroatoms. The van der Waals surface area contributed by atoms with Crippen LogP contribution in [0.2, 0.25) is 0 Å². The SMILES string of the molecule is CNC[C@@H](CNc1ccc(N2CCOCC2=O)cc1)NC. The lowest BCUT2D eigenvalue weighted by Gasteiger charge is -2.27. The fourth-order valence-corrected chi connectivity index (χ4v) is 2.31.